The number of aromatic nitrogens is 4. The fourth-order valence-corrected chi connectivity index (χ4v) is 2.39. The smallest absolute Gasteiger partial charge is 0.163 e. The molecule has 6 nitrogen and oxygen atoms in total. The molecule has 6 heteroatoms. The molecule has 1 fully saturated rings. The minimum Gasteiger partial charge on any atom is -0.381 e. The zero-order valence-corrected chi connectivity index (χ0v) is 9.54. The first-order chi connectivity index (χ1) is 8.36. The van der Waals surface area contributed by atoms with E-state index in [0.717, 1.165) is 37.5 Å². The van der Waals surface area contributed by atoms with Crippen LogP contribution < -0.4 is 5.73 Å². The van der Waals surface area contributed by atoms with E-state index < -0.39 is 0 Å². The van der Waals surface area contributed by atoms with Crippen molar-refractivity contribution >= 4 is 5.65 Å². The molecule has 3 heterocycles. The van der Waals surface area contributed by atoms with Crippen molar-refractivity contribution in [1.82, 2.24) is 19.6 Å². The molecular weight excluding hydrogens is 218 g/mol. The van der Waals surface area contributed by atoms with Crippen molar-refractivity contribution in [1.29, 1.82) is 0 Å². The average Bonchev–Trinajstić information content (AvgIpc) is 2.84. The molecule has 0 unspecified atom stereocenters. The highest BCUT2D eigenvalue weighted by atomic mass is 16.5. The van der Waals surface area contributed by atoms with Gasteiger partial charge in [0, 0.05) is 37.4 Å². The molecule has 0 atom stereocenters. The molecule has 17 heavy (non-hydrogen) atoms. The van der Waals surface area contributed by atoms with E-state index >= 15 is 0 Å². The van der Waals surface area contributed by atoms with E-state index in [0.29, 0.717) is 6.54 Å². The number of rotatable bonds is 2. The van der Waals surface area contributed by atoms with Crippen LogP contribution in [0.4, 0.5) is 0 Å². The summed E-state index contributed by atoms with van der Waals surface area (Å²) in [5.74, 6) is 0.909. The highest BCUT2D eigenvalue weighted by Crippen LogP contribution is 2.32. The van der Waals surface area contributed by atoms with Crippen molar-refractivity contribution in [3.05, 3.63) is 24.4 Å². The van der Waals surface area contributed by atoms with Crippen LogP contribution in [0.3, 0.4) is 0 Å². The lowest BCUT2D eigenvalue weighted by Gasteiger charge is -2.34. The second-order valence-corrected chi connectivity index (χ2v) is 4.43. The Bertz CT molecular complexity index is 517. The van der Waals surface area contributed by atoms with E-state index in [4.69, 9.17) is 10.5 Å². The highest BCUT2D eigenvalue weighted by molar-refractivity contribution is 5.37. The molecule has 0 bridgehead atoms. The predicted molar refractivity (Wildman–Crippen MR) is 61.6 cm³/mol. The molecule has 0 amide bonds. The molecule has 2 aromatic heterocycles. The molecule has 1 saturated heterocycles. The number of nitrogens with zero attached hydrogens (tertiary/aromatic N) is 4. The molecule has 0 aromatic carbocycles. The fourth-order valence-electron chi connectivity index (χ4n) is 2.39. The van der Waals surface area contributed by atoms with Crippen LogP contribution in [0.15, 0.2) is 18.6 Å². The Morgan fingerprint density at radius 2 is 2.18 bits per heavy atom. The Labute approximate surface area is 98.8 Å². The van der Waals surface area contributed by atoms with E-state index in [2.05, 4.69) is 15.2 Å². The van der Waals surface area contributed by atoms with Gasteiger partial charge < -0.3 is 10.5 Å². The van der Waals surface area contributed by atoms with Crippen molar-refractivity contribution in [2.45, 2.75) is 18.3 Å². The number of ether oxygens (including phenoxy) is 1. The summed E-state index contributed by atoms with van der Waals surface area (Å²) < 4.78 is 7.34. The highest BCUT2D eigenvalue weighted by Gasteiger charge is 2.37. The summed E-state index contributed by atoms with van der Waals surface area (Å²) in [5, 5.41) is 8.46. The Morgan fingerprint density at radius 1 is 1.35 bits per heavy atom. The van der Waals surface area contributed by atoms with Crippen LogP contribution in [0, 0.1) is 0 Å². The van der Waals surface area contributed by atoms with Crippen LogP contribution in [-0.2, 0) is 10.2 Å². The quantitative estimate of drug-likeness (QED) is 0.797. The fraction of sp³-hybridized carbons (Fsp3) is 0.545. The lowest BCUT2D eigenvalue weighted by Crippen LogP contribution is -2.42. The van der Waals surface area contributed by atoms with Gasteiger partial charge in [-0.2, -0.15) is 0 Å². The topological polar surface area (TPSA) is 78.3 Å². The first-order valence-corrected chi connectivity index (χ1v) is 5.79. The summed E-state index contributed by atoms with van der Waals surface area (Å²) in [5.41, 5.74) is 6.65. The third-order valence-electron chi connectivity index (χ3n) is 3.53. The third-order valence-corrected chi connectivity index (χ3v) is 3.53. The maximum Gasteiger partial charge on any atom is 0.163 e. The lowest BCUT2D eigenvalue weighted by atomic mass is 9.79. The Balaban J connectivity index is 2.12. The molecule has 2 N–H and O–H groups in total. The van der Waals surface area contributed by atoms with E-state index in [1.165, 1.54) is 0 Å². The lowest BCUT2D eigenvalue weighted by molar-refractivity contribution is 0.0495. The van der Waals surface area contributed by atoms with Gasteiger partial charge in [0.15, 0.2) is 5.65 Å². The number of hydrogen-bond donors (Lipinski definition) is 1. The summed E-state index contributed by atoms with van der Waals surface area (Å²) in [7, 11) is 0. The minimum absolute atomic E-state index is 0.124. The normalized spacial score (nSPS) is 19.6. The number of fused-ring (bicyclic) bond motifs is 1. The Hall–Kier alpha value is -1.53. The van der Waals surface area contributed by atoms with Crippen LogP contribution in [0.5, 0.6) is 0 Å². The molecule has 2 aromatic rings. The SMILES string of the molecule is NCC1(c2nnc3ccncn23)CCOCC1. The van der Waals surface area contributed by atoms with Gasteiger partial charge in [-0.25, -0.2) is 4.98 Å². The minimum atomic E-state index is -0.124. The number of hydrogen-bond acceptors (Lipinski definition) is 5. The Morgan fingerprint density at radius 3 is 2.94 bits per heavy atom. The van der Waals surface area contributed by atoms with Crippen molar-refractivity contribution in [3.63, 3.8) is 0 Å². The molecule has 90 valence electrons. The third kappa shape index (κ3) is 1.60. The summed E-state index contributed by atoms with van der Waals surface area (Å²) in [4.78, 5) is 4.12. The second-order valence-electron chi connectivity index (χ2n) is 4.43. The van der Waals surface area contributed by atoms with Gasteiger partial charge in [0.1, 0.15) is 12.2 Å². The maximum atomic E-state index is 5.96. The van der Waals surface area contributed by atoms with Gasteiger partial charge in [0.25, 0.3) is 0 Å². The number of nitrogens with two attached hydrogens (primary N) is 1. The monoisotopic (exact) mass is 233 g/mol. The first-order valence-electron chi connectivity index (χ1n) is 5.79. The van der Waals surface area contributed by atoms with E-state index in [1.54, 1.807) is 12.5 Å². The Kier molecular flexibility index (Phi) is 2.53. The second kappa shape index (κ2) is 4.05. The van der Waals surface area contributed by atoms with Crippen LogP contribution in [-0.4, -0.2) is 39.3 Å². The molecule has 1 aliphatic heterocycles. The summed E-state index contributed by atoms with van der Waals surface area (Å²) in [6, 6.07) is 1.85. The molecule has 0 saturated carbocycles. The van der Waals surface area contributed by atoms with E-state index in [1.807, 2.05) is 10.5 Å². The van der Waals surface area contributed by atoms with Gasteiger partial charge >= 0.3 is 0 Å². The van der Waals surface area contributed by atoms with Crippen molar-refractivity contribution in [3.8, 4) is 0 Å². The van der Waals surface area contributed by atoms with Gasteiger partial charge in [-0.1, -0.05) is 0 Å². The first kappa shape index (κ1) is 10.6. The van der Waals surface area contributed by atoms with Gasteiger partial charge in [-0.3, -0.25) is 4.40 Å². The average molecular weight is 233 g/mol. The van der Waals surface area contributed by atoms with E-state index in [-0.39, 0.29) is 5.41 Å². The molecule has 0 aliphatic carbocycles. The van der Waals surface area contributed by atoms with Gasteiger partial charge in [0.2, 0.25) is 0 Å². The van der Waals surface area contributed by atoms with Crippen molar-refractivity contribution < 1.29 is 4.74 Å². The van der Waals surface area contributed by atoms with Crippen molar-refractivity contribution in [2.24, 2.45) is 5.73 Å². The van der Waals surface area contributed by atoms with Crippen LogP contribution in [0.25, 0.3) is 5.65 Å². The van der Waals surface area contributed by atoms with Gasteiger partial charge in [-0.05, 0) is 12.8 Å². The summed E-state index contributed by atoms with van der Waals surface area (Å²) in [6.07, 6.45) is 5.24. The zero-order chi connectivity index (χ0) is 11.7. The van der Waals surface area contributed by atoms with Crippen LogP contribution in [0.2, 0.25) is 0 Å². The van der Waals surface area contributed by atoms with Gasteiger partial charge in [-0.15, -0.1) is 10.2 Å². The molecule has 0 radical (unpaired) electrons. The molecule has 1 aliphatic rings. The standard InChI is InChI=1S/C11H15N5O/c12-7-11(2-5-17-6-3-11)10-15-14-9-1-4-13-8-16(9)10/h1,4,8H,2-3,5-7,12H2. The summed E-state index contributed by atoms with van der Waals surface area (Å²) in [6.45, 7) is 2.02. The van der Waals surface area contributed by atoms with Crippen LogP contribution in [0.1, 0.15) is 18.7 Å². The largest absolute Gasteiger partial charge is 0.381 e. The van der Waals surface area contributed by atoms with Gasteiger partial charge in [0.05, 0.1) is 0 Å². The van der Waals surface area contributed by atoms with Crippen molar-refractivity contribution in [2.75, 3.05) is 19.8 Å². The molecular formula is C11H15N5O. The maximum absolute atomic E-state index is 5.96. The predicted octanol–water partition coefficient (Wildman–Crippen LogP) is 0.131. The zero-order valence-electron chi connectivity index (χ0n) is 9.54. The molecule has 3 rings (SSSR count). The van der Waals surface area contributed by atoms with E-state index in [9.17, 15) is 0 Å². The van der Waals surface area contributed by atoms with Crippen LogP contribution >= 0.6 is 0 Å². The molecule has 0 spiro atoms. The summed E-state index contributed by atoms with van der Waals surface area (Å²) >= 11 is 0.